The fourth-order valence-corrected chi connectivity index (χ4v) is 5.68. The largest absolute Gasteiger partial charge is 0.457 e. The van der Waals surface area contributed by atoms with Crippen molar-refractivity contribution in [1.82, 2.24) is 39.7 Å². The second-order valence-corrected chi connectivity index (χ2v) is 11.4. The van der Waals surface area contributed by atoms with Crippen molar-refractivity contribution in [2.75, 3.05) is 17.2 Å². The number of hydrogen-bond acceptors (Lipinski definition) is 13. The molecule has 0 unspecified atom stereocenters. The summed E-state index contributed by atoms with van der Waals surface area (Å²) in [6, 6.07) is 17.4. The lowest BCUT2D eigenvalue weighted by Gasteiger charge is -2.20. The zero-order valence-electron chi connectivity index (χ0n) is 23.4. The van der Waals surface area contributed by atoms with E-state index in [2.05, 4.69) is 59.7 Å². The van der Waals surface area contributed by atoms with Crippen LogP contribution in [-0.4, -0.2) is 81.3 Å². The molecule has 0 aliphatic carbocycles. The molecule has 1 aliphatic rings. The van der Waals surface area contributed by atoms with Crippen LogP contribution in [0.5, 0.6) is 0 Å². The average Bonchev–Trinajstić information content (AvgIpc) is 3.73. The Bertz CT molecular complexity index is 1730. The van der Waals surface area contributed by atoms with Crippen LogP contribution in [0.1, 0.15) is 29.3 Å². The number of nitrogens with one attached hydrogen (secondary N) is 2. The van der Waals surface area contributed by atoms with Gasteiger partial charge in [-0.25, -0.2) is 4.98 Å². The maximum absolute atomic E-state index is 11.5. The molecule has 0 spiro atoms. The summed E-state index contributed by atoms with van der Waals surface area (Å²) in [7, 11) is 1.59. The van der Waals surface area contributed by atoms with Gasteiger partial charge in [0, 0.05) is 10.1 Å². The number of benzene rings is 2. The van der Waals surface area contributed by atoms with Gasteiger partial charge in [-0.3, -0.25) is 9.36 Å². The van der Waals surface area contributed by atoms with Gasteiger partial charge in [0.25, 0.3) is 6.47 Å². The van der Waals surface area contributed by atoms with E-state index in [-0.39, 0.29) is 24.9 Å². The van der Waals surface area contributed by atoms with Gasteiger partial charge in [-0.05, 0) is 57.5 Å². The number of rotatable bonds is 12. The summed E-state index contributed by atoms with van der Waals surface area (Å²) in [6.45, 7) is 0.542. The lowest BCUT2D eigenvalue weighted by Crippen LogP contribution is -2.32. The molecule has 4 heterocycles. The molecule has 1 saturated heterocycles. The minimum absolute atomic E-state index is 0.134. The fourth-order valence-electron chi connectivity index (χ4n) is 5.08. The van der Waals surface area contributed by atoms with Crippen molar-refractivity contribution in [3.05, 3.63) is 81.4 Å². The Morgan fingerprint density at radius 2 is 1.98 bits per heavy atom. The number of imidazole rings is 1. The number of carbonyl (C=O) groups is 1. The Morgan fingerprint density at radius 1 is 1.16 bits per heavy atom. The molecule has 2 aromatic carbocycles. The van der Waals surface area contributed by atoms with Crippen LogP contribution in [0.2, 0.25) is 0 Å². The highest BCUT2D eigenvalue weighted by Crippen LogP contribution is 2.40. The molecule has 0 saturated carbocycles. The van der Waals surface area contributed by atoms with Gasteiger partial charge >= 0.3 is 0 Å². The van der Waals surface area contributed by atoms with Crippen molar-refractivity contribution in [2.45, 2.75) is 43.5 Å². The van der Waals surface area contributed by atoms with E-state index >= 15 is 0 Å². The number of nitrogens with zero attached hydrogens (tertiary/aromatic N) is 8. The minimum atomic E-state index is -1.30. The molecule has 1 fully saturated rings. The summed E-state index contributed by atoms with van der Waals surface area (Å²) in [5, 5.41) is 39.8. The van der Waals surface area contributed by atoms with Gasteiger partial charge in [0.15, 0.2) is 35.4 Å². The van der Waals surface area contributed by atoms with E-state index < -0.39 is 30.6 Å². The van der Waals surface area contributed by atoms with Crippen LogP contribution in [0.15, 0.2) is 60.9 Å². The monoisotopic (exact) mass is 712 g/mol. The van der Waals surface area contributed by atoms with Crippen LogP contribution in [0.3, 0.4) is 0 Å². The molecule has 0 amide bonds. The molecule has 16 heteroatoms. The van der Waals surface area contributed by atoms with E-state index in [1.165, 1.54) is 11.1 Å². The van der Waals surface area contributed by atoms with Gasteiger partial charge in [0.05, 0.1) is 26.0 Å². The predicted octanol–water partition coefficient (Wildman–Crippen LogP) is 1.75. The van der Waals surface area contributed by atoms with E-state index in [1.54, 1.807) is 11.6 Å². The number of anilines is 2. The van der Waals surface area contributed by atoms with Crippen molar-refractivity contribution < 1.29 is 24.5 Å². The first-order chi connectivity index (χ1) is 21.4. The second kappa shape index (κ2) is 13.2. The van der Waals surface area contributed by atoms with Crippen LogP contribution in [0.25, 0.3) is 11.2 Å². The zero-order valence-corrected chi connectivity index (χ0v) is 25.6. The molecule has 0 bridgehead atoms. The number of hydrogen-bond donors (Lipinski definition) is 4. The second-order valence-electron chi connectivity index (χ2n) is 10.2. The third kappa shape index (κ3) is 6.33. The Balaban J connectivity index is 1.37. The SMILES string of the molecule is Cn1nnc([C@H]2O[C@@H](n3cnc4c(NCc5cccc(I)c5)nc(N[C@H](CO)Cc5ccccc5)nc43)[C@H](OC=O)[C@@H]2O)n1. The summed E-state index contributed by atoms with van der Waals surface area (Å²) in [5.74, 6) is 0.804. The maximum atomic E-state index is 11.5. The summed E-state index contributed by atoms with van der Waals surface area (Å²) in [6.07, 6.45) is -2.47. The Kier molecular flexibility index (Phi) is 8.91. The van der Waals surface area contributed by atoms with Crippen LogP contribution in [0.4, 0.5) is 11.8 Å². The van der Waals surface area contributed by atoms with Crippen molar-refractivity contribution in [3.8, 4) is 0 Å². The van der Waals surface area contributed by atoms with E-state index in [4.69, 9.17) is 19.4 Å². The highest BCUT2D eigenvalue weighted by molar-refractivity contribution is 14.1. The zero-order chi connectivity index (χ0) is 30.6. The highest BCUT2D eigenvalue weighted by Gasteiger charge is 2.49. The topological polar surface area (TPSA) is 187 Å². The van der Waals surface area contributed by atoms with Crippen molar-refractivity contribution in [3.63, 3.8) is 0 Å². The van der Waals surface area contributed by atoms with Crippen LogP contribution in [0, 0.1) is 3.57 Å². The predicted molar refractivity (Wildman–Crippen MR) is 165 cm³/mol. The third-order valence-corrected chi connectivity index (χ3v) is 7.80. The number of aliphatic hydroxyl groups is 2. The van der Waals surface area contributed by atoms with Gasteiger partial charge in [-0.2, -0.15) is 14.8 Å². The van der Waals surface area contributed by atoms with Crippen LogP contribution in [-0.2, 0) is 34.3 Å². The molecule has 4 N–H and O–H groups in total. The number of tetrazole rings is 1. The molecule has 44 heavy (non-hydrogen) atoms. The summed E-state index contributed by atoms with van der Waals surface area (Å²) in [4.78, 5) is 26.7. The molecule has 5 aromatic rings. The molecule has 3 aromatic heterocycles. The molecule has 228 valence electrons. The van der Waals surface area contributed by atoms with Gasteiger partial charge in [0.2, 0.25) is 11.8 Å². The highest BCUT2D eigenvalue weighted by atomic mass is 127. The molecule has 5 atom stereocenters. The number of fused-ring (bicyclic) bond motifs is 1. The number of aliphatic hydroxyl groups excluding tert-OH is 2. The first-order valence-corrected chi connectivity index (χ1v) is 14.8. The smallest absolute Gasteiger partial charge is 0.293 e. The average molecular weight is 713 g/mol. The van der Waals surface area contributed by atoms with Crippen molar-refractivity contribution in [1.29, 1.82) is 0 Å². The number of aromatic nitrogens is 8. The fraction of sp³-hybridized carbons (Fsp3) is 0.321. The number of ether oxygens (including phenoxy) is 2. The Morgan fingerprint density at radius 3 is 2.70 bits per heavy atom. The number of aryl methyl sites for hydroxylation is 1. The van der Waals surface area contributed by atoms with Crippen molar-refractivity contribution in [2.24, 2.45) is 7.05 Å². The van der Waals surface area contributed by atoms with Crippen molar-refractivity contribution >= 4 is 52.0 Å². The molecule has 0 radical (unpaired) electrons. The van der Waals surface area contributed by atoms with Gasteiger partial charge in [-0.15, -0.1) is 10.2 Å². The quantitative estimate of drug-likeness (QED) is 0.108. The molecule has 1 aliphatic heterocycles. The molecule has 6 rings (SSSR count). The molecule has 15 nitrogen and oxygen atoms in total. The minimum Gasteiger partial charge on any atom is -0.457 e. The first kappa shape index (κ1) is 29.8. The molecular weight excluding hydrogens is 683 g/mol. The van der Waals surface area contributed by atoms with E-state index in [1.807, 2.05) is 48.5 Å². The van der Waals surface area contributed by atoms with Crippen LogP contribution < -0.4 is 10.6 Å². The summed E-state index contributed by atoms with van der Waals surface area (Å²) < 4.78 is 14.1. The Labute approximate surface area is 264 Å². The lowest BCUT2D eigenvalue weighted by molar-refractivity contribution is -0.142. The standard InChI is InChI=1S/C28H29IN10O5/c1-38-36-25(35-37-38)22-21(42)23(43-15-41)27(44-22)39-14-31-20-24(30-12-17-8-5-9-18(29)10-17)33-28(34-26(20)39)32-19(13-40)11-16-6-3-2-4-7-16/h2-10,14-15,19,21-23,27,40,42H,11-13H2,1H3,(H2,30,32,33,34)/t19-,21+,22-,23+,27+/m0/s1. The normalized spacial score (nSPS) is 20.5. The van der Waals surface area contributed by atoms with Gasteiger partial charge < -0.3 is 30.3 Å². The number of carbonyl (C=O) groups excluding carboxylic acids is 1. The van der Waals surface area contributed by atoms with Gasteiger partial charge in [0.1, 0.15) is 6.10 Å². The van der Waals surface area contributed by atoms with E-state index in [9.17, 15) is 15.0 Å². The van der Waals surface area contributed by atoms with E-state index in [0.717, 1.165) is 14.7 Å². The first-order valence-electron chi connectivity index (χ1n) is 13.7. The van der Waals surface area contributed by atoms with Gasteiger partial charge in [-0.1, -0.05) is 42.5 Å². The van der Waals surface area contributed by atoms with E-state index in [0.29, 0.717) is 29.9 Å². The summed E-state index contributed by atoms with van der Waals surface area (Å²) >= 11 is 2.26. The molecular formula is C28H29IN10O5. The summed E-state index contributed by atoms with van der Waals surface area (Å²) in [5.41, 5.74) is 2.84. The maximum Gasteiger partial charge on any atom is 0.293 e. The Hall–Kier alpha value is -4.26. The third-order valence-electron chi connectivity index (χ3n) is 7.13. The van der Waals surface area contributed by atoms with Crippen LogP contribution >= 0.6 is 22.6 Å². The lowest BCUT2D eigenvalue weighted by atomic mass is 10.1. The number of halogens is 1.